The number of aromatic nitrogens is 2. The molecule has 1 fully saturated rings. The van der Waals surface area contributed by atoms with Crippen LogP contribution in [0.3, 0.4) is 0 Å². The van der Waals surface area contributed by atoms with Gasteiger partial charge in [-0.1, -0.05) is 0 Å². The molecule has 0 spiro atoms. The van der Waals surface area contributed by atoms with Gasteiger partial charge < -0.3 is 4.90 Å². The van der Waals surface area contributed by atoms with E-state index in [-0.39, 0.29) is 55.5 Å². The van der Waals surface area contributed by atoms with E-state index in [1.807, 2.05) is 13.8 Å². The normalized spacial score (nSPS) is 15.4. The molecular formula is C21H23FN4O4S2. The molecule has 1 aliphatic rings. The van der Waals surface area contributed by atoms with E-state index >= 15 is 0 Å². The molecule has 0 atom stereocenters. The number of halogens is 1. The van der Waals surface area contributed by atoms with Crippen molar-refractivity contribution < 1.29 is 17.6 Å². The smallest absolute Gasteiger partial charge is 0.262 e. The minimum Gasteiger partial charge on any atom is -0.340 e. The average Bonchev–Trinajstić information content (AvgIpc) is 3.07. The molecule has 4 rings (SSSR count). The van der Waals surface area contributed by atoms with E-state index in [0.29, 0.717) is 10.2 Å². The third-order valence-corrected chi connectivity index (χ3v) is 8.79. The topological polar surface area (TPSA) is 92.6 Å². The fourth-order valence-corrected chi connectivity index (χ4v) is 6.15. The molecule has 1 saturated heterocycles. The van der Waals surface area contributed by atoms with Crippen LogP contribution in [0.2, 0.25) is 0 Å². The molecule has 3 aromatic rings. The summed E-state index contributed by atoms with van der Waals surface area (Å²) in [4.78, 5) is 33.2. The monoisotopic (exact) mass is 478 g/mol. The van der Waals surface area contributed by atoms with Crippen LogP contribution in [-0.4, -0.2) is 59.3 Å². The van der Waals surface area contributed by atoms with Gasteiger partial charge in [-0.3, -0.25) is 14.2 Å². The van der Waals surface area contributed by atoms with Crippen LogP contribution in [0, 0.1) is 19.7 Å². The molecule has 0 radical (unpaired) electrons. The van der Waals surface area contributed by atoms with Crippen LogP contribution in [0.5, 0.6) is 0 Å². The van der Waals surface area contributed by atoms with Crippen molar-refractivity contribution in [2.24, 2.45) is 0 Å². The molecule has 2 aromatic heterocycles. The first-order valence-electron chi connectivity index (χ1n) is 10.2. The van der Waals surface area contributed by atoms with Gasteiger partial charge in [0.25, 0.3) is 5.56 Å². The lowest BCUT2D eigenvalue weighted by atomic mass is 10.2. The van der Waals surface area contributed by atoms with Crippen LogP contribution in [-0.2, 0) is 21.4 Å². The lowest BCUT2D eigenvalue weighted by Crippen LogP contribution is -2.50. The molecule has 32 heavy (non-hydrogen) atoms. The molecular weight excluding hydrogens is 455 g/mol. The quantitative estimate of drug-likeness (QED) is 0.560. The third-order valence-electron chi connectivity index (χ3n) is 5.77. The lowest BCUT2D eigenvalue weighted by molar-refractivity contribution is -0.132. The number of sulfonamides is 1. The summed E-state index contributed by atoms with van der Waals surface area (Å²) in [6.45, 7) is 4.89. The number of rotatable bonds is 5. The van der Waals surface area contributed by atoms with Crippen LogP contribution < -0.4 is 5.56 Å². The minimum atomic E-state index is -3.74. The SMILES string of the molecule is Cc1sc2ncn(CCC(=O)N3CCN(S(=O)(=O)c4ccc(F)cc4)CC3)c(=O)c2c1C. The molecule has 8 nitrogen and oxygen atoms in total. The second kappa shape index (κ2) is 8.72. The summed E-state index contributed by atoms with van der Waals surface area (Å²) in [5.74, 6) is -0.647. The van der Waals surface area contributed by atoms with E-state index in [9.17, 15) is 22.4 Å². The van der Waals surface area contributed by atoms with Crippen LogP contribution in [0.4, 0.5) is 4.39 Å². The van der Waals surface area contributed by atoms with Crippen molar-refractivity contribution in [3.63, 3.8) is 0 Å². The largest absolute Gasteiger partial charge is 0.340 e. The minimum absolute atomic E-state index is 0.0277. The number of fused-ring (bicyclic) bond motifs is 1. The highest BCUT2D eigenvalue weighted by Crippen LogP contribution is 2.25. The Hall–Kier alpha value is -2.63. The number of hydrogen-bond acceptors (Lipinski definition) is 6. The first kappa shape index (κ1) is 22.6. The number of carbonyl (C=O) groups excluding carboxylic acids is 1. The van der Waals surface area contributed by atoms with Crippen LogP contribution in [0.25, 0.3) is 10.2 Å². The Labute approximate surface area is 189 Å². The molecule has 170 valence electrons. The van der Waals surface area contributed by atoms with Crippen molar-refractivity contribution in [2.75, 3.05) is 26.2 Å². The summed E-state index contributed by atoms with van der Waals surface area (Å²) in [6.07, 6.45) is 1.60. The van der Waals surface area contributed by atoms with Crippen molar-refractivity contribution in [2.45, 2.75) is 31.7 Å². The van der Waals surface area contributed by atoms with Crippen LogP contribution in [0.1, 0.15) is 16.9 Å². The maximum absolute atomic E-state index is 13.1. The van der Waals surface area contributed by atoms with Gasteiger partial charge in [0.2, 0.25) is 15.9 Å². The second-order valence-electron chi connectivity index (χ2n) is 7.70. The Morgan fingerprint density at radius 1 is 1.12 bits per heavy atom. The summed E-state index contributed by atoms with van der Waals surface area (Å²) >= 11 is 1.48. The number of nitrogens with zero attached hydrogens (tertiary/aromatic N) is 4. The van der Waals surface area contributed by atoms with E-state index in [0.717, 1.165) is 22.6 Å². The summed E-state index contributed by atoms with van der Waals surface area (Å²) in [6, 6.07) is 4.70. The number of benzene rings is 1. The fourth-order valence-electron chi connectivity index (χ4n) is 3.74. The molecule has 0 aliphatic carbocycles. The zero-order valence-electron chi connectivity index (χ0n) is 17.7. The molecule has 0 N–H and O–H groups in total. The molecule has 1 aliphatic heterocycles. The summed E-state index contributed by atoms with van der Waals surface area (Å²) in [5.41, 5.74) is 0.765. The van der Waals surface area contributed by atoms with Gasteiger partial charge in [0.15, 0.2) is 0 Å². The average molecular weight is 479 g/mol. The highest BCUT2D eigenvalue weighted by Gasteiger charge is 2.30. The highest BCUT2D eigenvalue weighted by molar-refractivity contribution is 7.89. The van der Waals surface area contributed by atoms with E-state index < -0.39 is 15.8 Å². The molecule has 0 unspecified atom stereocenters. The molecule has 0 bridgehead atoms. The zero-order valence-corrected chi connectivity index (χ0v) is 19.4. The summed E-state index contributed by atoms with van der Waals surface area (Å²) < 4.78 is 41.3. The maximum atomic E-state index is 13.1. The van der Waals surface area contributed by atoms with Gasteiger partial charge in [0.1, 0.15) is 10.6 Å². The molecule has 1 amide bonds. The summed E-state index contributed by atoms with van der Waals surface area (Å²) in [5, 5.41) is 0.599. The Morgan fingerprint density at radius 2 is 1.78 bits per heavy atom. The Bertz CT molecular complexity index is 1320. The van der Waals surface area contributed by atoms with Crippen LogP contribution >= 0.6 is 11.3 Å². The highest BCUT2D eigenvalue weighted by atomic mass is 32.2. The van der Waals surface area contributed by atoms with Crippen molar-refractivity contribution in [1.82, 2.24) is 18.8 Å². The van der Waals surface area contributed by atoms with E-state index in [4.69, 9.17) is 0 Å². The molecule has 3 heterocycles. The number of amides is 1. The molecule has 1 aromatic carbocycles. The first-order valence-corrected chi connectivity index (χ1v) is 12.4. The number of thiophene rings is 1. The van der Waals surface area contributed by atoms with E-state index in [1.54, 1.807) is 4.90 Å². The van der Waals surface area contributed by atoms with Gasteiger partial charge in [-0.05, 0) is 43.7 Å². The standard InChI is InChI=1S/C21H23FN4O4S2/c1-14-15(2)31-20-19(14)21(28)25(13-23-20)8-7-18(27)24-9-11-26(12-10-24)32(29,30)17-5-3-16(22)4-6-17/h3-6,13H,7-12H2,1-2H3. The van der Waals surface area contributed by atoms with Gasteiger partial charge in [-0.2, -0.15) is 4.31 Å². The van der Waals surface area contributed by atoms with Crippen molar-refractivity contribution >= 4 is 37.5 Å². The van der Waals surface area contributed by atoms with Gasteiger partial charge in [0.05, 0.1) is 16.6 Å². The van der Waals surface area contributed by atoms with Gasteiger partial charge in [-0.15, -0.1) is 11.3 Å². The van der Waals surface area contributed by atoms with Crippen molar-refractivity contribution in [3.05, 3.63) is 57.2 Å². The number of hydrogen-bond donors (Lipinski definition) is 0. The Balaban J connectivity index is 1.38. The predicted molar refractivity (Wildman–Crippen MR) is 120 cm³/mol. The second-order valence-corrected chi connectivity index (χ2v) is 10.8. The summed E-state index contributed by atoms with van der Waals surface area (Å²) in [7, 11) is -3.74. The Morgan fingerprint density at radius 3 is 2.44 bits per heavy atom. The third kappa shape index (κ3) is 4.19. The van der Waals surface area contributed by atoms with Gasteiger partial charge in [-0.25, -0.2) is 17.8 Å². The number of aryl methyl sites for hydroxylation is 3. The molecule has 0 saturated carbocycles. The first-order chi connectivity index (χ1) is 15.2. The zero-order chi connectivity index (χ0) is 23.0. The van der Waals surface area contributed by atoms with Crippen molar-refractivity contribution in [3.8, 4) is 0 Å². The predicted octanol–water partition coefficient (Wildman–Crippen LogP) is 2.14. The number of carbonyl (C=O) groups is 1. The van der Waals surface area contributed by atoms with Crippen LogP contribution in [0.15, 0.2) is 40.3 Å². The number of piperazine rings is 1. The van der Waals surface area contributed by atoms with E-state index in [2.05, 4.69) is 4.98 Å². The van der Waals surface area contributed by atoms with Crippen molar-refractivity contribution in [1.29, 1.82) is 0 Å². The van der Waals surface area contributed by atoms with Gasteiger partial charge in [0, 0.05) is 44.0 Å². The van der Waals surface area contributed by atoms with Gasteiger partial charge >= 0.3 is 0 Å². The molecule has 11 heteroatoms. The van der Waals surface area contributed by atoms with E-state index in [1.165, 1.54) is 38.7 Å². The lowest BCUT2D eigenvalue weighted by Gasteiger charge is -2.34. The maximum Gasteiger partial charge on any atom is 0.262 e. The Kier molecular flexibility index (Phi) is 6.15. The fraction of sp³-hybridized carbons (Fsp3) is 0.381.